The first-order chi connectivity index (χ1) is 3.77. The Balaban J connectivity index is 2.81. The lowest BCUT2D eigenvalue weighted by atomic mass is 10.4. The highest BCUT2D eigenvalue weighted by Gasteiger charge is 1.90. The lowest BCUT2D eigenvalue weighted by molar-refractivity contribution is 0.0599. The third kappa shape index (κ3) is 5.66. The van der Waals surface area contributed by atoms with Gasteiger partial charge in [0.15, 0.2) is 0 Å². The molecule has 2 heteroatoms. The standard InChI is InChI=1S/C6H12O2/c1-3-4-8-5-6(2)7/h3,6-7H,1,4-5H2,2H3/t6-/m1/s1. The van der Waals surface area contributed by atoms with E-state index in [1.165, 1.54) is 0 Å². The van der Waals surface area contributed by atoms with E-state index in [0.717, 1.165) is 0 Å². The molecule has 0 spiro atoms. The molecule has 0 aliphatic carbocycles. The number of aliphatic hydroxyl groups excluding tert-OH is 1. The van der Waals surface area contributed by atoms with Crippen LogP contribution in [0.25, 0.3) is 0 Å². The van der Waals surface area contributed by atoms with Crippen molar-refractivity contribution in [3.63, 3.8) is 0 Å². The summed E-state index contributed by atoms with van der Waals surface area (Å²) < 4.78 is 4.88. The van der Waals surface area contributed by atoms with Crippen molar-refractivity contribution in [2.24, 2.45) is 0 Å². The van der Waals surface area contributed by atoms with Gasteiger partial charge in [-0.15, -0.1) is 6.58 Å². The second kappa shape index (κ2) is 4.81. The van der Waals surface area contributed by atoms with Gasteiger partial charge in [0.25, 0.3) is 0 Å². The van der Waals surface area contributed by atoms with Crippen LogP contribution in [0, 0.1) is 0 Å². The van der Waals surface area contributed by atoms with Crippen molar-refractivity contribution in [1.29, 1.82) is 0 Å². The third-order valence-corrected chi connectivity index (χ3v) is 0.595. The van der Waals surface area contributed by atoms with Crippen molar-refractivity contribution < 1.29 is 9.84 Å². The molecule has 0 saturated heterocycles. The maximum absolute atomic E-state index is 8.62. The molecule has 0 unspecified atom stereocenters. The van der Waals surface area contributed by atoms with Crippen LogP contribution in [-0.4, -0.2) is 24.4 Å². The first-order valence-corrected chi connectivity index (χ1v) is 2.64. The summed E-state index contributed by atoms with van der Waals surface area (Å²) in [5.41, 5.74) is 0. The van der Waals surface area contributed by atoms with Gasteiger partial charge in [0.05, 0.1) is 19.3 Å². The predicted octanol–water partition coefficient (Wildman–Crippen LogP) is 0.570. The fraction of sp³-hybridized carbons (Fsp3) is 0.667. The van der Waals surface area contributed by atoms with Crippen LogP contribution >= 0.6 is 0 Å². The number of hydrogen-bond donors (Lipinski definition) is 1. The molecular formula is C6H12O2. The minimum absolute atomic E-state index is 0.366. The summed E-state index contributed by atoms with van der Waals surface area (Å²) >= 11 is 0. The van der Waals surface area contributed by atoms with Crippen LogP contribution in [0.15, 0.2) is 12.7 Å². The number of hydrogen-bond acceptors (Lipinski definition) is 2. The van der Waals surface area contributed by atoms with Gasteiger partial charge in [-0.1, -0.05) is 6.08 Å². The highest BCUT2D eigenvalue weighted by molar-refractivity contribution is 4.63. The molecule has 48 valence electrons. The van der Waals surface area contributed by atoms with E-state index >= 15 is 0 Å². The molecule has 1 atom stereocenters. The van der Waals surface area contributed by atoms with E-state index in [9.17, 15) is 0 Å². The second-order valence-electron chi connectivity index (χ2n) is 1.68. The van der Waals surface area contributed by atoms with E-state index in [0.29, 0.717) is 13.2 Å². The maximum atomic E-state index is 8.62. The maximum Gasteiger partial charge on any atom is 0.0745 e. The smallest absolute Gasteiger partial charge is 0.0745 e. The fourth-order valence-electron chi connectivity index (χ4n) is 0.322. The van der Waals surface area contributed by atoms with Gasteiger partial charge >= 0.3 is 0 Å². The minimum atomic E-state index is -0.366. The Bertz CT molecular complexity index is 59.5. The molecule has 0 aliphatic heterocycles. The van der Waals surface area contributed by atoms with Crippen molar-refractivity contribution in [3.8, 4) is 0 Å². The van der Waals surface area contributed by atoms with Gasteiger partial charge in [0.2, 0.25) is 0 Å². The van der Waals surface area contributed by atoms with Crippen molar-refractivity contribution in [3.05, 3.63) is 12.7 Å². The van der Waals surface area contributed by atoms with E-state index < -0.39 is 0 Å². The molecule has 2 nitrogen and oxygen atoms in total. The molecule has 0 saturated carbocycles. The molecule has 8 heavy (non-hydrogen) atoms. The molecule has 0 radical (unpaired) electrons. The summed E-state index contributed by atoms with van der Waals surface area (Å²) in [4.78, 5) is 0. The van der Waals surface area contributed by atoms with Crippen LogP contribution in [0.3, 0.4) is 0 Å². The summed E-state index contributed by atoms with van der Waals surface area (Å²) in [6.07, 6.45) is 1.29. The van der Waals surface area contributed by atoms with Gasteiger partial charge < -0.3 is 9.84 Å². The molecule has 0 rings (SSSR count). The lowest BCUT2D eigenvalue weighted by Crippen LogP contribution is -2.09. The van der Waals surface area contributed by atoms with Crippen molar-refractivity contribution >= 4 is 0 Å². The minimum Gasteiger partial charge on any atom is -0.391 e. The molecule has 0 aromatic rings. The lowest BCUT2D eigenvalue weighted by Gasteiger charge is -2.01. The summed E-state index contributed by atoms with van der Waals surface area (Å²) in [7, 11) is 0. The van der Waals surface area contributed by atoms with Crippen LogP contribution in [0.4, 0.5) is 0 Å². The van der Waals surface area contributed by atoms with E-state index in [2.05, 4.69) is 6.58 Å². The topological polar surface area (TPSA) is 29.5 Å². The van der Waals surface area contributed by atoms with Crippen molar-refractivity contribution in [2.45, 2.75) is 13.0 Å². The Morgan fingerprint density at radius 2 is 2.50 bits per heavy atom. The molecule has 1 N–H and O–H groups in total. The van der Waals surface area contributed by atoms with Gasteiger partial charge in [-0.25, -0.2) is 0 Å². The van der Waals surface area contributed by atoms with Gasteiger partial charge in [0, 0.05) is 0 Å². The Morgan fingerprint density at radius 1 is 1.88 bits per heavy atom. The third-order valence-electron chi connectivity index (χ3n) is 0.595. The largest absolute Gasteiger partial charge is 0.391 e. The Morgan fingerprint density at radius 3 is 2.88 bits per heavy atom. The molecule has 0 aromatic heterocycles. The average molecular weight is 116 g/mol. The van der Waals surface area contributed by atoms with Crippen LogP contribution in [-0.2, 0) is 4.74 Å². The van der Waals surface area contributed by atoms with E-state index in [4.69, 9.17) is 9.84 Å². The molecule has 0 aliphatic rings. The van der Waals surface area contributed by atoms with Crippen LogP contribution in [0.5, 0.6) is 0 Å². The highest BCUT2D eigenvalue weighted by atomic mass is 16.5. The van der Waals surface area contributed by atoms with Gasteiger partial charge in [0.1, 0.15) is 0 Å². The van der Waals surface area contributed by atoms with E-state index in [1.54, 1.807) is 13.0 Å². The molecule has 0 heterocycles. The number of rotatable bonds is 4. The molecule has 0 amide bonds. The van der Waals surface area contributed by atoms with Crippen molar-refractivity contribution in [2.75, 3.05) is 13.2 Å². The van der Waals surface area contributed by atoms with Crippen LogP contribution in [0.1, 0.15) is 6.92 Å². The normalized spacial score (nSPS) is 13.2. The van der Waals surface area contributed by atoms with Crippen LogP contribution < -0.4 is 0 Å². The predicted molar refractivity (Wildman–Crippen MR) is 32.7 cm³/mol. The Kier molecular flexibility index (Phi) is 4.61. The zero-order valence-corrected chi connectivity index (χ0v) is 5.13. The molecular weight excluding hydrogens is 104 g/mol. The fourth-order valence-corrected chi connectivity index (χ4v) is 0.322. The first-order valence-electron chi connectivity index (χ1n) is 2.64. The number of ether oxygens (including phenoxy) is 1. The quantitative estimate of drug-likeness (QED) is 0.430. The average Bonchev–Trinajstić information content (AvgIpc) is 1.66. The zero-order chi connectivity index (χ0) is 6.41. The van der Waals surface area contributed by atoms with Crippen LogP contribution in [0.2, 0.25) is 0 Å². The van der Waals surface area contributed by atoms with E-state index in [1.807, 2.05) is 0 Å². The summed E-state index contributed by atoms with van der Waals surface area (Å²) in [5.74, 6) is 0. The zero-order valence-electron chi connectivity index (χ0n) is 5.13. The SMILES string of the molecule is C=CCOC[C@@H](C)O. The highest BCUT2D eigenvalue weighted by Crippen LogP contribution is 1.81. The molecule has 0 aromatic carbocycles. The van der Waals surface area contributed by atoms with Gasteiger partial charge in [-0.05, 0) is 6.92 Å². The number of aliphatic hydroxyl groups is 1. The monoisotopic (exact) mass is 116 g/mol. The van der Waals surface area contributed by atoms with E-state index in [-0.39, 0.29) is 6.10 Å². The summed E-state index contributed by atoms with van der Waals surface area (Å²) in [6.45, 7) is 6.05. The van der Waals surface area contributed by atoms with Gasteiger partial charge in [-0.2, -0.15) is 0 Å². The Labute approximate surface area is 49.8 Å². The van der Waals surface area contributed by atoms with Crippen molar-refractivity contribution in [1.82, 2.24) is 0 Å². The summed E-state index contributed by atoms with van der Waals surface area (Å²) in [6, 6.07) is 0. The molecule has 0 bridgehead atoms. The first kappa shape index (κ1) is 7.66. The van der Waals surface area contributed by atoms with Gasteiger partial charge in [-0.3, -0.25) is 0 Å². The second-order valence-corrected chi connectivity index (χ2v) is 1.68. The summed E-state index contributed by atoms with van der Waals surface area (Å²) in [5, 5.41) is 8.62. The Hall–Kier alpha value is -0.340. The molecule has 0 fully saturated rings.